The second-order valence-corrected chi connectivity index (χ2v) is 7.38. The summed E-state index contributed by atoms with van der Waals surface area (Å²) in [5, 5.41) is 21.1. The van der Waals surface area contributed by atoms with Crippen LogP contribution in [0.15, 0.2) is 30.5 Å². The number of nitrogens with one attached hydrogen (secondary N) is 1. The second kappa shape index (κ2) is 7.38. The van der Waals surface area contributed by atoms with Crippen molar-refractivity contribution < 1.29 is 27.1 Å². The van der Waals surface area contributed by atoms with E-state index in [-0.39, 0.29) is 35.2 Å². The first-order valence-corrected chi connectivity index (χ1v) is 9.16. The molecule has 0 aliphatic carbocycles. The van der Waals surface area contributed by atoms with Crippen LogP contribution in [0.4, 0.5) is 27.9 Å². The molecule has 1 aliphatic rings. The fraction of sp³-hybridized carbons (Fsp3) is 0.368. The minimum Gasteiger partial charge on any atom is -0.507 e. The Hall–Kier alpha value is -2.95. The maximum Gasteiger partial charge on any atom is 0.416 e. The van der Waals surface area contributed by atoms with Crippen molar-refractivity contribution in [2.45, 2.75) is 24.8 Å². The van der Waals surface area contributed by atoms with Gasteiger partial charge in [0.05, 0.1) is 5.56 Å². The number of fused-ring (bicyclic) bond motifs is 1. The van der Waals surface area contributed by atoms with Crippen molar-refractivity contribution in [3.8, 4) is 17.0 Å². The minimum absolute atomic E-state index is 0.0662. The van der Waals surface area contributed by atoms with Gasteiger partial charge in [0.2, 0.25) is 5.95 Å². The summed E-state index contributed by atoms with van der Waals surface area (Å²) >= 11 is 0. The van der Waals surface area contributed by atoms with Crippen LogP contribution in [0.2, 0.25) is 0 Å². The van der Waals surface area contributed by atoms with E-state index in [2.05, 4.69) is 15.5 Å². The van der Waals surface area contributed by atoms with E-state index in [0.29, 0.717) is 19.2 Å². The molecule has 0 bridgehead atoms. The molecule has 1 aromatic carbocycles. The lowest BCUT2D eigenvalue weighted by molar-refractivity contribution is -0.137. The van der Waals surface area contributed by atoms with E-state index >= 15 is 0 Å². The third-order valence-electron chi connectivity index (χ3n) is 5.03. The van der Waals surface area contributed by atoms with E-state index in [0.717, 1.165) is 18.2 Å². The van der Waals surface area contributed by atoms with Crippen LogP contribution in [0.5, 0.6) is 5.75 Å². The van der Waals surface area contributed by atoms with Crippen molar-refractivity contribution in [3.05, 3.63) is 41.8 Å². The Morgan fingerprint density at radius 2 is 1.93 bits per heavy atom. The van der Waals surface area contributed by atoms with E-state index in [1.54, 1.807) is 7.05 Å². The highest BCUT2D eigenvalue weighted by Crippen LogP contribution is 2.38. The van der Waals surface area contributed by atoms with Crippen LogP contribution in [0.25, 0.3) is 16.8 Å². The number of piperidine rings is 1. The maximum absolute atomic E-state index is 14.5. The fourth-order valence-electron chi connectivity index (χ4n) is 3.73. The molecule has 6 nitrogen and oxygen atoms in total. The van der Waals surface area contributed by atoms with Crippen LogP contribution in [0.1, 0.15) is 12.0 Å². The standard InChI is InChI=1S/C19H18F5N5O/c1-28-8-11(20)7-12(9-28)25-18-27-26-16(17-14(21)4-5-29(17)18)13-3-2-10(6-15(13)30)19(22,23)24/h2-6,11-12,30H,7-9H2,1H3,(H,25,27)/t11-,12-/m1/s1. The third kappa shape index (κ3) is 3.76. The summed E-state index contributed by atoms with van der Waals surface area (Å²) in [4.78, 5) is 1.82. The van der Waals surface area contributed by atoms with Crippen molar-refractivity contribution in [3.63, 3.8) is 0 Å². The average Bonchev–Trinajstić information content (AvgIpc) is 3.03. The van der Waals surface area contributed by atoms with Crippen molar-refractivity contribution in [2.75, 3.05) is 25.5 Å². The quantitative estimate of drug-likeness (QED) is 0.624. The molecule has 1 fully saturated rings. The predicted octanol–water partition coefficient (Wildman–Crippen LogP) is 3.71. The molecule has 4 rings (SSSR count). The summed E-state index contributed by atoms with van der Waals surface area (Å²) in [5.74, 6) is -1.22. The molecule has 1 saturated heterocycles. The third-order valence-corrected chi connectivity index (χ3v) is 5.03. The number of halogens is 5. The molecule has 0 amide bonds. The lowest BCUT2D eigenvalue weighted by Crippen LogP contribution is -2.45. The Morgan fingerprint density at radius 1 is 1.17 bits per heavy atom. The molecule has 11 heteroatoms. The highest BCUT2D eigenvalue weighted by atomic mass is 19.4. The molecular formula is C19H18F5N5O. The number of likely N-dealkylation sites (tertiary alicyclic amines) is 1. The molecule has 1 aliphatic heterocycles. The fourth-order valence-corrected chi connectivity index (χ4v) is 3.73. The Morgan fingerprint density at radius 3 is 2.60 bits per heavy atom. The Kier molecular flexibility index (Phi) is 5.00. The molecule has 0 radical (unpaired) electrons. The molecule has 3 aromatic rings. The van der Waals surface area contributed by atoms with Gasteiger partial charge in [-0.3, -0.25) is 4.40 Å². The first kappa shape index (κ1) is 20.3. The number of likely N-dealkylation sites (N-methyl/N-ethyl adjacent to an activating group) is 1. The average molecular weight is 427 g/mol. The SMILES string of the molecule is CN1C[C@H](F)C[C@@H](Nc2nnc(-c3ccc(C(F)(F)F)cc3O)c3c(F)ccn23)C1. The van der Waals surface area contributed by atoms with Gasteiger partial charge in [0, 0.05) is 37.3 Å². The molecule has 2 N–H and O–H groups in total. The lowest BCUT2D eigenvalue weighted by Gasteiger charge is -2.32. The van der Waals surface area contributed by atoms with Gasteiger partial charge in [-0.1, -0.05) is 0 Å². The molecule has 0 unspecified atom stereocenters. The number of rotatable bonds is 3. The molecule has 3 heterocycles. The van der Waals surface area contributed by atoms with Gasteiger partial charge in [-0.2, -0.15) is 13.2 Å². The number of aromatic nitrogens is 3. The summed E-state index contributed by atoms with van der Waals surface area (Å²) in [5.41, 5.74) is -1.31. The Labute approximate surface area is 167 Å². The number of anilines is 1. The van der Waals surface area contributed by atoms with Crippen LogP contribution in [0, 0.1) is 5.82 Å². The molecule has 2 atom stereocenters. The number of alkyl halides is 4. The van der Waals surface area contributed by atoms with Crippen LogP contribution < -0.4 is 5.32 Å². The van der Waals surface area contributed by atoms with Gasteiger partial charge in [0.15, 0.2) is 5.82 Å². The zero-order valence-electron chi connectivity index (χ0n) is 15.8. The van der Waals surface area contributed by atoms with Crippen LogP contribution in [0.3, 0.4) is 0 Å². The minimum atomic E-state index is -4.63. The van der Waals surface area contributed by atoms with Crippen molar-refractivity contribution in [1.29, 1.82) is 0 Å². The highest BCUT2D eigenvalue weighted by molar-refractivity contribution is 5.81. The number of nitrogens with zero attached hydrogens (tertiary/aromatic N) is 4. The molecule has 30 heavy (non-hydrogen) atoms. The van der Waals surface area contributed by atoms with Crippen LogP contribution in [-0.4, -0.2) is 57.0 Å². The second-order valence-electron chi connectivity index (χ2n) is 7.38. The number of phenolic OH excluding ortho intramolecular Hbond substituents is 1. The first-order valence-electron chi connectivity index (χ1n) is 9.16. The summed E-state index contributed by atoms with van der Waals surface area (Å²) in [6.07, 6.45) is -4.02. The maximum atomic E-state index is 14.5. The molecular weight excluding hydrogens is 409 g/mol. The first-order chi connectivity index (χ1) is 14.1. The Balaban J connectivity index is 1.74. The summed E-state index contributed by atoms with van der Waals surface area (Å²) in [6, 6.07) is 3.22. The van der Waals surface area contributed by atoms with Crippen LogP contribution >= 0.6 is 0 Å². The zero-order chi connectivity index (χ0) is 21.6. The summed E-state index contributed by atoms with van der Waals surface area (Å²) in [6.45, 7) is 0.873. The highest BCUT2D eigenvalue weighted by Gasteiger charge is 2.32. The molecule has 2 aromatic heterocycles. The van der Waals surface area contributed by atoms with E-state index in [1.165, 1.54) is 10.6 Å². The topological polar surface area (TPSA) is 65.7 Å². The molecule has 160 valence electrons. The van der Waals surface area contributed by atoms with Gasteiger partial charge in [-0.25, -0.2) is 8.78 Å². The largest absolute Gasteiger partial charge is 0.507 e. The number of hydrogen-bond donors (Lipinski definition) is 2. The monoisotopic (exact) mass is 427 g/mol. The van der Waals surface area contributed by atoms with Crippen molar-refractivity contribution in [1.82, 2.24) is 19.5 Å². The molecule has 0 spiro atoms. The van der Waals surface area contributed by atoms with Crippen molar-refractivity contribution >= 4 is 11.5 Å². The van der Waals surface area contributed by atoms with Gasteiger partial charge in [-0.15, -0.1) is 10.2 Å². The van der Waals surface area contributed by atoms with Gasteiger partial charge in [-0.05, 0) is 31.3 Å². The van der Waals surface area contributed by atoms with E-state index in [4.69, 9.17) is 0 Å². The number of benzene rings is 1. The predicted molar refractivity (Wildman–Crippen MR) is 99.5 cm³/mol. The number of phenols is 1. The van der Waals surface area contributed by atoms with Crippen LogP contribution in [-0.2, 0) is 6.18 Å². The van der Waals surface area contributed by atoms with Gasteiger partial charge in [0.25, 0.3) is 0 Å². The van der Waals surface area contributed by atoms with E-state index in [9.17, 15) is 27.1 Å². The van der Waals surface area contributed by atoms with Gasteiger partial charge in [0.1, 0.15) is 23.1 Å². The normalized spacial score (nSPS) is 20.6. The smallest absolute Gasteiger partial charge is 0.416 e. The van der Waals surface area contributed by atoms with Gasteiger partial charge < -0.3 is 15.3 Å². The Bertz CT molecular complexity index is 1070. The van der Waals surface area contributed by atoms with Crippen molar-refractivity contribution in [2.24, 2.45) is 0 Å². The lowest BCUT2D eigenvalue weighted by atomic mass is 10.1. The van der Waals surface area contributed by atoms with E-state index < -0.39 is 29.5 Å². The molecule has 0 saturated carbocycles. The van der Waals surface area contributed by atoms with Gasteiger partial charge >= 0.3 is 6.18 Å². The number of aromatic hydroxyl groups is 1. The van der Waals surface area contributed by atoms with E-state index in [1.807, 2.05) is 4.90 Å². The number of hydrogen-bond acceptors (Lipinski definition) is 5. The zero-order valence-corrected chi connectivity index (χ0v) is 15.8. The summed E-state index contributed by atoms with van der Waals surface area (Å²) in [7, 11) is 1.79. The summed E-state index contributed by atoms with van der Waals surface area (Å²) < 4.78 is 68.3.